The summed E-state index contributed by atoms with van der Waals surface area (Å²) >= 11 is 0. The summed E-state index contributed by atoms with van der Waals surface area (Å²) in [6.45, 7) is 0. The van der Waals surface area contributed by atoms with E-state index in [-0.39, 0.29) is 11.6 Å². The number of benzene rings is 4. The molecule has 0 fully saturated rings. The van der Waals surface area contributed by atoms with Gasteiger partial charge < -0.3 is 5.43 Å². The number of hydrogen-bond donors (Lipinski definition) is 2. The summed E-state index contributed by atoms with van der Waals surface area (Å²) in [5, 5.41) is 19.7. The second kappa shape index (κ2) is 11.0. The van der Waals surface area contributed by atoms with Crippen LogP contribution in [0, 0.1) is 10.1 Å². The molecule has 0 bridgehead atoms. The highest BCUT2D eigenvalue weighted by Crippen LogP contribution is 2.27. The minimum absolute atomic E-state index is 0.0136. The molecule has 4 aromatic carbocycles. The molecule has 9 nitrogen and oxygen atoms in total. The van der Waals surface area contributed by atoms with Gasteiger partial charge in [0, 0.05) is 40.4 Å². The van der Waals surface area contributed by atoms with Gasteiger partial charge in [0.15, 0.2) is 0 Å². The van der Waals surface area contributed by atoms with Gasteiger partial charge in [0.25, 0.3) is 11.6 Å². The summed E-state index contributed by atoms with van der Waals surface area (Å²) in [4.78, 5) is 28.7. The first-order valence-electron chi connectivity index (χ1n) is 12.7. The van der Waals surface area contributed by atoms with Gasteiger partial charge in [0.1, 0.15) is 5.71 Å². The Labute approximate surface area is 234 Å². The average molecular weight is 539 g/mol. The average Bonchev–Trinajstić information content (AvgIpc) is 3.49. The number of rotatable bonds is 7. The van der Waals surface area contributed by atoms with Gasteiger partial charge in [-0.05, 0) is 35.4 Å². The normalized spacial score (nSPS) is 13.3. The van der Waals surface area contributed by atoms with Crippen molar-refractivity contribution < 1.29 is 9.72 Å². The lowest BCUT2D eigenvalue weighted by molar-refractivity contribution is -0.384. The number of nitrogens with zero attached hydrogens (tertiary/aromatic N) is 4. The quantitative estimate of drug-likeness (QED) is 0.192. The van der Waals surface area contributed by atoms with E-state index in [4.69, 9.17) is 4.98 Å². The van der Waals surface area contributed by atoms with Gasteiger partial charge in [-0.2, -0.15) is 5.10 Å². The summed E-state index contributed by atoms with van der Waals surface area (Å²) < 4.78 is 0. The number of hydrogen-bond acceptors (Lipinski definition) is 7. The van der Waals surface area contributed by atoms with Gasteiger partial charge in [-0.15, -0.1) is 5.10 Å². The van der Waals surface area contributed by atoms with Crippen molar-refractivity contribution in [3.63, 3.8) is 0 Å². The van der Waals surface area contributed by atoms with Crippen molar-refractivity contribution in [1.29, 1.82) is 0 Å². The molecule has 41 heavy (non-hydrogen) atoms. The predicted molar refractivity (Wildman–Crippen MR) is 159 cm³/mol. The molecular weight excluding hydrogens is 516 g/mol. The molecule has 1 aliphatic heterocycles. The van der Waals surface area contributed by atoms with E-state index in [0.29, 0.717) is 33.6 Å². The van der Waals surface area contributed by atoms with Crippen LogP contribution in [-0.2, 0) is 0 Å². The van der Waals surface area contributed by atoms with E-state index in [1.807, 2.05) is 66.7 Å². The van der Waals surface area contributed by atoms with Crippen LogP contribution in [0.15, 0.2) is 131 Å². The van der Waals surface area contributed by atoms with Gasteiger partial charge in [0.2, 0.25) is 0 Å². The third kappa shape index (κ3) is 5.32. The molecule has 0 atom stereocenters. The zero-order valence-corrected chi connectivity index (χ0v) is 21.6. The number of nitro benzene ring substituents is 1. The van der Waals surface area contributed by atoms with Crippen molar-refractivity contribution in [2.75, 3.05) is 0 Å². The highest BCUT2D eigenvalue weighted by atomic mass is 16.6. The monoisotopic (exact) mass is 538 g/mol. The predicted octanol–water partition coefficient (Wildman–Crippen LogP) is 6.08. The molecule has 0 radical (unpaired) electrons. The number of nitro groups is 1. The second-order valence-corrected chi connectivity index (χ2v) is 9.21. The number of aromatic nitrogens is 1. The third-order valence-electron chi connectivity index (χ3n) is 6.64. The van der Waals surface area contributed by atoms with E-state index >= 15 is 0 Å². The molecule has 0 aliphatic carbocycles. The van der Waals surface area contributed by atoms with Crippen molar-refractivity contribution in [3.05, 3.63) is 142 Å². The second-order valence-electron chi connectivity index (χ2n) is 9.21. The molecule has 5 aromatic rings. The summed E-state index contributed by atoms with van der Waals surface area (Å²) in [7, 11) is 0. The molecule has 1 aromatic heterocycles. The highest BCUT2D eigenvalue weighted by molar-refractivity contribution is 6.26. The Balaban J connectivity index is 1.23. The van der Waals surface area contributed by atoms with Gasteiger partial charge in [0.05, 0.1) is 27.9 Å². The Hall–Kier alpha value is -5.96. The van der Waals surface area contributed by atoms with E-state index in [1.165, 1.54) is 18.3 Å². The number of para-hydroxylation sites is 1. The number of amides is 1. The fourth-order valence-corrected chi connectivity index (χ4v) is 4.56. The largest absolute Gasteiger partial charge is 0.305 e. The molecule has 1 amide bonds. The maximum Gasteiger partial charge on any atom is 0.270 e. The van der Waals surface area contributed by atoms with Crippen LogP contribution in [0.3, 0.4) is 0 Å². The smallest absolute Gasteiger partial charge is 0.270 e. The summed E-state index contributed by atoms with van der Waals surface area (Å²) in [6.07, 6.45) is 3.11. The van der Waals surface area contributed by atoms with E-state index < -0.39 is 4.92 Å². The highest BCUT2D eigenvalue weighted by Gasteiger charge is 2.16. The number of carbonyl (C=O) groups is 1. The Morgan fingerprint density at radius 3 is 2.20 bits per heavy atom. The van der Waals surface area contributed by atoms with Gasteiger partial charge in [-0.3, -0.25) is 20.3 Å². The third-order valence-corrected chi connectivity index (χ3v) is 6.64. The fraction of sp³-hybridized carbons (Fsp3) is 0. The molecule has 2 heterocycles. The van der Waals surface area contributed by atoms with Crippen LogP contribution in [-0.4, -0.2) is 27.7 Å². The molecule has 6 rings (SSSR count). The Morgan fingerprint density at radius 2 is 1.44 bits per heavy atom. The number of hydrazine groups is 1. The maximum atomic E-state index is 13.3. The molecule has 0 saturated heterocycles. The molecule has 198 valence electrons. The Bertz CT molecular complexity index is 1860. The van der Waals surface area contributed by atoms with Crippen LogP contribution < -0.4 is 10.9 Å². The molecule has 0 unspecified atom stereocenters. The van der Waals surface area contributed by atoms with Crippen molar-refractivity contribution in [1.82, 2.24) is 15.8 Å². The lowest BCUT2D eigenvalue weighted by atomic mass is 10.0. The lowest BCUT2D eigenvalue weighted by Gasteiger charge is -2.11. The topological polar surface area (TPSA) is 122 Å². The molecule has 2 N–H and O–H groups in total. The lowest BCUT2D eigenvalue weighted by Crippen LogP contribution is -2.34. The van der Waals surface area contributed by atoms with Crippen LogP contribution in [0.2, 0.25) is 0 Å². The van der Waals surface area contributed by atoms with Crippen molar-refractivity contribution in [2.24, 2.45) is 10.2 Å². The van der Waals surface area contributed by atoms with E-state index in [1.54, 1.807) is 24.4 Å². The zero-order chi connectivity index (χ0) is 28.2. The first kappa shape index (κ1) is 25.3. The van der Waals surface area contributed by atoms with Crippen LogP contribution in [0.25, 0.3) is 33.3 Å². The van der Waals surface area contributed by atoms with Crippen LogP contribution in [0.5, 0.6) is 0 Å². The first-order valence-corrected chi connectivity index (χ1v) is 12.7. The van der Waals surface area contributed by atoms with E-state index in [2.05, 4.69) is 33.2 Å². The number of allylic oxidation sites excluding steroid dienone is 1. The minimum Gasteiger partial charge on any atom is -0.305 e. The van der Waals surface area contributed by atoms with Crippen molar-refractivity contribution in [3.8, 4) is 22.4 Å². The van der Waals surface area contributed by atoms with Gasteiger partial charge in [-0.1, -0.05) is 72.8 Å². The SMILES string of the molecule is O=C(NN/C=C1\C=NN=C1c1ccc([N+](=O)[O-])cc1)c1cc(-c2ccc(-c3ccccc3)cc2)nc2ccccc12. The van der Waals surface area contributed by atoms with Crippen LogP contribution in [0.4, 0.5) is 5.69 Å². The zero-order valence-electron chi connectivity index (χ0n) is 21.6. The molecule has 0 saturated carbocycles. The Morgan fingerprint density at radius 1 is 0.780 bits per heavy atom. The van der Waals surface area contributed by atoms with Gasteiger partial charge >= 0.3 is 0 Å². The summed E-state index contributed by atoms with van der Waals surface area (Å²) in [5.41, 5.74) is 12.3. The van der Waals surface area contributed by atoms with Crippen molar-refractivity contribution >= 4 is 34.4 Å². The first-order chi connectivity index (χ1) is 20.1. The number of nitrogens with one attached hydrogen (secondary N) is 2. The molecule has 1 aliphatic rings. The Kier molecular flexibility index (Phi) is 6.81. The van der Waals surface area contributed by atoms with E-state index in [9.17, 15) is 14.9 Å². The summed E-state index contributed by atoms with van der Waals surface area (Å²) in [5.74, 6) is -0.341. The molecule has 9 heteroatoms. The van der Waals surface area contributed by atoms with Gasteiger partial charge in [-0.25, -0.2) is 4.98 Å². The minimum atomic E-state index is -0.460. The summed E-state index contributed by atoms with van der Waals surface area (Å²) in [6, 6.07) is 33.5. The van der Waals surface area contributed by atoms with Crippen LogP contribution >= 0.6 is 0 Å². The fourth-order valence-electron chi connectivity index (χ4n) is 4.56. The van der Waals surface area contributed by atoms with Crippen LogP contribution in [0.1, 0.15) is 15.9 Å². The van der Waals surface area contributed by atoms with E-state index in [0.717, 1.165) is 22.1 Å². The standard InChI is InChI=1S/C32H22N6O3/c39-32(37-34-20-25-19-33-36-31(25)24-14-16-26(17-15-24)38(40)41)28-18-30(35-29-9-5-4-8-27(28)29)23-12-10-22(11-13-23)21-6-2-1-3-7-21/h1-20,34H,(H,37,39)/b25-20+. The number of fused-ring (bicyclic) bond motifs is 1. The number of non-ortho nitro benzene ring substituents is 1. The maximum absolute atomic E-state index is 13.3. The molecular formula is C32H22N6O3. The number of carbonyl (C=O) groups excluding carboxylic acids is 1. The number of pyridine rings is 1. The molecule has 0 spiro atoms. The van der Waals surface area contributed by atoms with Crippen molar-refractivity contribution in [2.45, 2.75) is 0 Å².